The standard InChI is InChI=1S/C30H28N2O4S/c1-22-8-15-30-24(18-22)9-11-26(32(30)16-5-17-37(33,34)35)12-10-25-20-31-29-14-13-27(19-28(25)29)36-21-23-6-3-2-4-7-23/h2-4,6-15,18-20H,5,16-17,21H2,1H3,(H,33,34,35)/p+1. The summed E-state index contributed by atoms with van der Waals surface area (Å²) in [5, 5.41) is 2.13. The highest BCUT2D eigenvalue weighted by Gasteiger charge is 2.16. The Bertz CT molecular complexity index is 1690. The Labute approximate surface area is 216 Å². The van der Waals surface area contributed by atoms with Gasteiger partial charge in [0.15, 0.2) is 6.54 Å². The predicted molar refractivity (Wildman–Crippen MR) is 148 cm³/mol. The van der Waals surface area contributed by atoms with Gasteiger partial charge in [-0.3, -0.25) is 4.55 Å². The molecule has 0 radical (unpaired) electrons. The molecule has 0 bridgehead atoms. The van der Waals surface area contributed by atoms with Crippen LogP contribution in [0.25, 0.3) is 34.0 Å². The lowest BCUT2D eigenvalue weighted by atomic mass is 10.1. The van der Waals surface area contributed by atoms with Crippen molar-refractivity contribution in [3.63, 3.8) is 0 Å². The third-order valence-corrected chi connectivity index (χ3v) is 7.17. The SMILES string of the molecule is Cc1ccc2c(ccc(C=Cc3c[nH]c4ccc(OCc5ccccc5)cc34)[n+]2CCCS(=O)(=O)O)c1. The van der Waals surface area contributed by atoms with Crippen molar-refractivity contribution in [1.82, 2.24) is 4.98 Å². The van der Waals surface area contributed by atoms with Gasteiger partial charge in [0.25, 0.3) is 10.1 Å². The first-order valence-electron chi connectivity index (χ1n) is 12.2. The average molecular weight is 514 g/mol. The molecule has 5 rings (SSSR count). The van der Waals surface area contributed by atoms with E-state index in [9.17, 15) is 13.0 Å². The number of hydrogen-bond donors (Lipinski definition) is 2. The molecule has 0 saturated heterocycles. The van der Waals surface area contributed by atoms with Crippen LogP contribution in [0.2, 0.25) is 0 Å². The van der Waals surface area contributed by atoms with Crippen molar-refractivity contribution in [2.24, 2.45) is 0 Å². The Hall–Kier alpha value is -3.94. The number of pyridine rings is 1. The maximum absolute atomic E-state index is 11.3. The highest BCUT2D eigenvalue weighted by atomic mass is 32.2. The van der Waals surface area contributed by atoms with Gasteiger partial charge in [-0.1, -0.05) is 42.0 Å². The molecule has 3 aromatic carbocycles. The van der Waals surface area contributed by atoms with Gasteiger partial charge in [-0.2, -0.15) is 13.0 Å². The molecule has 2 aromatic heterocycles. The lowest BCUT2D eigenvalue weighted by Gasteiger charge is -2.07. The van der Waals surface area contributed by atoms with Crippen LogP contribution in [0, 0.1) is 6.92 Å². The highest BCUT2D eigenvalue weighted by Crippen LogP contribution is 2.26. The zero-order chi connectivity index (χ0) is 25.8. The molecule has 0 unspecified atom stereocenters. The van der Waals surface area contributed by atoms with Crippen LogP contribution in [0.3, 0.4) is 0 Å². The zero-order valence-electron chi connectivity index (χ0n) is 20.6. The largest absolute Gasteiger partial charge is 0.489 e. The van der Waals surface area contributed by atoms with Gasteiger partial charge in [0.1, 0.15) is 12.4 Å². The van der Waals surface area contributed by atoms with Gasteiger partial charge in [-0.25, -0.2) is 0 Å². The lowest BCUT2D eigenvalue weighted by Crippen LogP contribution is -2.38. The fourth-order valence-corrected chi connectivity index (χ4v) is 5.02. The lowest BCUT2D eigenvalue weighted by molar-refractivity contribution is -0.673. The van der Waals surface area contributed by atoms with Gasteiger partial charge in [0, 0.05) is 52.7 Å². The highest BCUT2D eigenvalue weighted by molar-refractivity contribution is 7.85. The predicted octanol–water partition coefficient (Wildman–Crippen LogP) is 5.94. The van der Waals surface area contributed by atoms with Gasteiger partial charge < -0.3 is 9.72 Å². The molecule has 188 valence electrons. The minimum atomic E-state index is -4.01. The minimum Gasteiger partial charge on any atom is -0.489 e. The fraction of sp³-hybridized carbons (Fsp3) is 0.167. The van der Waals surface area contributed by atoms with Crippen molar-refractivity contribution in [3.8, 4) is 5.75 Å². The van der Waals surface area contributed by atoms with Crippen molar-refractivity contribution < 1.29 is 22.3 Å². The number of hydrogen-bond acceptors (Lipinski definition) is 3. The molecule has 6 nitrogen and oxygen atoms in total. The zero-order valence-corrected chi connectivity index (χ0v) is 21.4. The average Bonchev–Trinajstić information content (AvgIpc) is 3.28. The summed E-state index contributed by atoms with van der Waals surface area (Å²) in [5.74, 6) is 0.520. The van der Waals surface area contributed by atoms with Crippen LogP contribution >= 0.6 is 0 Å². The molecule has 0 aliphatic heterocycles. The summed E-state index contributed by atoms with van der Waals surface area (Å²) in [6.45, 7) is 3.01. The summed E-state index contributed by atoms with van der Waals surface area (Å²) < 4.78 is 39.9. The molecular weight excluding hydrogens is 484 g/mol. The van der Waals surface area contributed by atoms with Gasteiger partial charge in [-0.15, -0.1) is 0 Å². The first-order valence-corrected chi connectivity index (χ1v) is 13.8. The second kappa shape index (κ2) is 10.6. The van der Waals surface area contributed by atoms with Crippen LogP contribution < -0.4 is 9.30 Å². The molecule has 0 aliphatic rings. The molecule has 0 aliphatic carbocycles. The molecule has 0 spiro atoms. The smallest absolute Gasteiger partial charge is 0.265 e. The molecule has 37 heavy (non-hydrogen) atoms. The van der Waals surface area contributed by atoms with Crippen molar-refractivity contribution in [3.05, 3.63) is 107 Å². The number of H-pyrrole nitrogens is 1. The van der Waals surface area contributed by atoms with Gasteiger partial charge in [-0.05, 0) is 48.9 Å². The van der Waals surface area contributed by atoms with E-state index in [2.05, 4.69) is 33.8 Å². The van der Waals surface area contributed by atoms with E-state index < -0.39 is 10.1 Å². The maximum atomic E-state index is 11.3. The molecule has 0 atom stereocenters. The monoisotopic (exact) mass is 513 g/mol. The van der Waals surface area contributed by atoms with E-state index in [0.717, 1.165) is 49.9 Å². The molecule has 5 aromatic rings. The van der Waals surface area contributed by atoms with Gasteiger partial charge in [0.05, 0.1) is 5.75 Å². The Morgan fingerprint density at radius 3 is 2.62 bits per heavy atom. The maximum Gasteiger partial charge on any atom is 0.265 e. The molecule has 7 heteroatoms. The quantitative estimate of drug-likeness (QED) is 0.189. The van der Waals surface area contributed by atoms with Crippen LogP contribution in [0.1, 0.15) is 28.8 Å². The minimum absolute atomic E-state index is 0.278. The number of nitrogens with one attached hydrogen (secondary N) is 1. The molecule has 0 fully saturated rings. The summed E-state index contributed by atoms with van der Waals surface area (Å²) in [7, 11) is -4.01. The van der Waals surface area contributed by atoms with Gasteiger partial charge in [0.2, 0.25) is 11.2 Å². The van der Waals surface area contributed by atoms with E-state index in [0.29, 0.717) is 19.6 Å². The van der Waals surface area contributed by atoms with E-state index in [4.69, 9.17) is 4.74 Å². The second-order valence-corrected chi connectivity index (χ2v) is 10.7. The first kappa shape index (κ1) is 24.7. The summed E-state index contributed by atoms with van der Waals surface area (Å²) in [4.78, 5) is 3.32. The van der Waals surface area contributed by atoms with E-state index in [1.807, 2.05) is 79.9 Å². The van der Waals surface area contributed by atoms with E-state index in [1.54, 1.807) is 0 Å². The first-order chi connectivity index (χ1) is 17.9. The molecule has 0 amide bonds. The topological polar surface area (TPSA) is 83.3 Å². The number of benzene rings is 3. The normalized spacial score (nSPS) is 12.1. The molecule has 2 N–H and O–H groups in total. The van der Waals surface area contributed by atoms with Crippen molar-refractivity contribution >= 4 is 44.1 Å². The molecular formula is C30H29N2O4S+. The number of aromatic amines is 1. The summed E-state index contributed by atoms with van der Waals surface area (Å²) in [6.07, 6.45) is 6.36. The Morgan fingerprint density at radius 1 is 0.973 bits per heavy atom. The van der Waals surface area contributed by atoms with E-state index in [-0.39, 0.29) is 5.75 Å². The number of fused-ring (bicyclic) bond motifs is 2. The van der Waals surface area contributed by atoms with Gasteiger partial charge >= 0.3 is 0 Å². The van der Waals surface area contributed by atoms with Crippen molar-refractivity contribution in [1.29, 1.82) is 0 Å². The van der Waals surface area contributed by atoms with Crippen LogP contribution in [0.5, 0.6) is 5.75 Å². The summed E-state index contributed by atoms with van der Waals surface area (Å²) >= 11 is 0. The number of nitrogens with zero attached hydrogens (tertiary/aromatic N) is 1. The van der Waals surface area contributed by atoms with Crippen LogP contribution in [-0.4, -0.2) is 23.7 Å². The molecule has 2 heterocycles. The third-order valence-electron chi connectivity index (χ3n) is 6.37. The van der Waals surface area contributed by atoms with Crippen LogP contribution in [0.15, 0.2) is 85.1 Å². The molecule has 0 saturated carbocycles. The second-order valence-electron chi connectivity index (χ2n) is 9.17. The van der Waals surface area contributed by atoms with E-state index in [1.165, 1.54) is 0 Å². The Kier molecular flexibility index (Phi) is 7.08. The summed E-state index contributed by atoms with van der Waals surface area (Å²) in [6, 6.07) is 26.4. The van der Waals surface area contributed by atoms with Crippen molar-refractivity contribution in [2.45, 2.75) is 26.5 Å². The van der Waals surface area contributed by atoms with Crippen LogP contribution in [-0.2, 0) is 23.3 Å². The number of ether oxygens (including phenoxy) is 1. The number of rotatable bonds is 9. The third kappa shape index (κ3) is 6.07. The number of aromatic nitrogens is 2. The number of aryl methyl sites for hydroxylation is 2. The Balaban J connectivity index is 1.44. The van der Waals surface area contributed by atoms with E-state index >= 15 is 0 Å². The summed E-state index contributed by atoms with van der Waals surface area (Å²) in [5.41, 5.74) is 6.26. The fourth-order valence-electron chi connectivity index (χ4n) is 4.52. The van der Waals surface area contributed by atoms with Crippen molar-refractivity contribution in [2.75, 3.05) is 5.75 Å². The Morgan fingerprint density at radius 2 is 1.81 bits per heavy atom. The van der Waals surface area contributed by atoms with Crippen LogP contribution in [0.4, 0.5) is 0 Å².